The molecule has 3 unspecified atom stereocenters. The highest BCUT2D eigenvalue weighted by Crippen LogP contribution is 2.47. The summed E-state index contributed by atoms with van der Waals surface area (Å²) in [4.78, 5) is 0. The molecule has 3 rings (SSSR count). The molecule has 1 aromatic rings. The van der Waals surface area contributed by atoms with Crippen LogP contribution in [0.5, 0.6) is 0 Å². The Bertz CT molecular complexity index is 469. The van der Waals surface area contributed by atoms with Crippen LogP contribution in [0.3, 0.4) is 0 Å². The Kier molecular flexibility index (Phi) is 3.65. The SMILES string of the molecule is Cn1cc(CNCC2CC3CCC2C3)c(C(C)(C)C)n1. The molecule has 2 bridgehead atoms. The zero-order valence-electron chi connectivity index (χ0n) is 13.4. The van der Waals surface area contributed by atoms with E-state index in [9.17, 15) is 0 Å². The van der Waals surface area contributed by atoms with E-state index in [0.717, 1.165) is 24.3 Å². The Hall–Kier alpha value is -0.830. The number of nitrogens with one attached hydrogen (secondary N) is 1. The summed E-state index contributed by atoms with van der Waals surface area (Å²) in [7, 11) is 2.02. The van der Waals surface area contributed by atoms with Gasteiger partial charge < -0.3 is 5.32 Å². The molecular formula is C17H29N3. The molecule has 2 saturated carbocycles. The third kappa shape index (κ3) is 2.78. The summed E-state index contributed by atoms with van der Waals surface area (Å²) in [6.07, 6.45) is 8.13. The predicted molar refractivity (Wildman–Crippen MR) is 82.6 cm³/mol. The van der Waals surface area contributed by atoms with Crippen LogP contribution in [-0.4, -0.2) is 16.3 Å². The third-order valence-electron chi connectivity index (χ3n) is 5.22. The van der Waals surface area contributed by atoms with E-state index in [0.29, 0.717) is 0 Å². The van der Waals surface area contributed by atoms with Crippen LogP contribution >= 0.6 is 0 Å². The van der Waals surface area contributed by atoms with Gasteiger partial charge in [0.15, 0.2) is 0 Å². The van der Waals surface area contributed by atoms with E-state index in [-0.39, 0.29) is 5.41 Å². The van der Waals surface area contributed by atoms with Crippen molar-refractivity contribution in [2.45, 2.75) is 58.4 Å². The number of fused-ring (bicyclic) bond motifs is 2. The molecule has 0 amide bonds. The Balaban J connectivity index is 1.56. The van der Waals surface area contributed by atoms with Crippen LogP contribution in [0.4, 0.5) is 0 Å². The Morgan fingerprint density at radius 2 is 2.10 bits per heavy atom. The van der Waals surface area contributed by atoms with Crippen LogP contribution in [0.1, 0.15) is 57.7 Å². The van der Waals surface area contributed by atoms with Crippen molar-refractivity contribution >= 4 is 0 Å². The average molecular weight is 275 g/mol. The van der Waals surface area contributed by atoms with Crippen LogP contribution in [0.2, 0.25) is 0 Å². The number of hydrogen-bond acceptors (Lipinski definition) is 2. The first-order valence-electron chi connectivity index (χ1n) is 8.17. The van der Waals surface area contributed by atoms with E-state index in [2.05, 4.69) is 37.4 Å². The van der Waals surface area contributed by atoms with Gasteiger partial charge in [0.25, 0.3) is 0 Å². The zero-order chi connectivity index (χ0) is 14.3. The van der Waals surface area contributed by atoms with Crippen molar-refractivity contribution in [2.24, 2.45) is 24.8 Å². The van der Waals surface area contributed by atoms with Gasteiger partial charge in [-0.1, -0.05) is 27.2 Å². The second kappa shape index (κ2) is 5.18. The maximum absolute atomic E-state index is 4.65. The van der Waals surface area contributed by atoms with E-state index in [1.807, 2.05) is 11.7 Å². The van der Waals surface area contributed by atoms with Crippen molar-refractivity contribution in [1.29, 1.82) is 0 Å². The number of hydrogen-bond donors (Lipinski definition) is 1. The normalized spacial score (nSPS) is 29.3. The molecule has 2 aliphatic rings. The molecule has 112 valence electrons. The topological polar surface area (TPSA) is 29.9 Å². The summed E-state index contributed by atoms with van der Waals surface area (Å²) in [6.45, 7) is 8.90. The molecule has 0 saturated heterocycles. The lowest BCUT2D eigenvalue weighted by molar-refractivity contribution is 0.318. The molecule has 2 fully saturated rings. The van der Waals surface area contributed by atoms with Crippen molar-refractivity contribution < 1.29 is 0 Å². The number of aryl methyl sites for hydroxylation is 1. The largest absolute Gasteiger partial charge is 0.312 e. The quantitative estimate of drug-likeness (QED) is 0.914. The highest BCUT2D eigenvalue weighted by molar-refractivity contribution is 5.23. The van der Waals surface area contributed by atoms with Gasteiger partial charge in [-0.3, -0.25) is 4.68 Å². The maximum atomic E-state index is 4.65. The summed E-state index contributed by atoms with van der Waals surface area (Å²) >= 11 is 0. The number of aromatic nitrogens is 2. The molecule has 3 nitrogen and oxygen atoms in total. The Morgan fingerprint density at radius 3 is 2.70 bits per heavy atom. The van der Waals surface area contributed by atoms with Gasteiger partial charge in [0.1, 0.15) is 0 Å². The van der Waals surface area contributed by atoms with Gasteiger partial charge in [-0.25, -0.2) is 0 Å². The molecule has 0 radical (unpaired) electrons. The molecule has 0 spiro atoms. The van der Waals surface area contributed by atoms with Crippen LogP contribution in [0.25, 0.3) is 0 Å². The van der Waals surface area contributed by atoms with E-state index in [4.69, 9.17) is 0 Å². The van der Waals surface area contributed by atoms with Gasteiger partial charge in [0.2, 0.25) is 0 Å². The summed E-state index contributed by atoms with van der Waals surface area (Å²) in [5, 5.41) is 8.35. The van der Waals surface area contributed by atoms with Gasteiger partial charge in [-0.2, -0.15) is 5.10 Å². The molecule has 1 heterocycles. The van der Waals surface area contributed by atoms with E-state index in [1.54, 1.807) is 0 Å². The van der Waals surface area contributed by atoms with Gasteiger partial charge in [-0.05, 0) is 43.6 Å². The first-order chi connectivity index (χ1) is 9.43. The fraction of sp³-hybridized carbons (Fsp3) is 0.824. The fourth-order valence-electron chi connectivity index (χ4n) is 4.32. The third-order valence-corrected chi connectivity index (χ3v) is 5.22. The van der Waals surface area contributed by atoms with Crippen molar-refractivity contribution in [1.82, 2.24) is 15.1 Å². The van der Waals surface area contributed by atoms with Gasteiger partial charge in [0, 0.05) is 30.8 Å². The van der Waals surface area contributed by atoms with Crippen LogP contribution in [-0.2, 0) is 19.0 Å². The predicted octanol–water partition coefficient (Wildman–Crippen LogP) is 3.24. The number of rotatable bonds is 4. The molecule has 20 heavy (non-hydrogen) atoms. The minimum Gasteiger partial charge on any atom is -0.312 e. The summed E-state index contributed by atoms with van der Waals surface area (Å²) in [6, 6.07) is 0. The highest BCUT2D eigenvalue weighted by atomic mass is 15.3. The van der Waals surface area contributed by atoms with Crippen molar-refractivity contribution in [3.05, 3.63) is 17.5 Å². The molecule has 0 aromatic carbocycles. The van der Waals surface area contributed by atoms with E-state index < -0.39 is 0 Å². The van der Waals surface area contributed by atoms with E-state index in [1.165, 1.54) is 43.5 Å². The maximum Gasteiger partial charge on any atom is 0.0722 e. The molecule has 1 aromatic heterocycles. The summed E-state index contributed by atoms with van der Waals surface area (Å²) in [5.41, 5.74) is 2.73. The summed E-state index contributed by atoms with van der Waals surface area (Å²) < 4.78 is 1.95. The van der Waals surface area contributed by atoms with E-state index >= 15 is 0 Å². The second-order valence-electron chi connectivity index (χ2n) is 7.99. The molecular weight excluding hydrogens is 246 g/mol. The molecule has 0 aliphatic heterocycles. The lowest BCUT2D eigenvalue weighted by atomic mass is 9.88. The lowest BCUT2D eigenvalue weighted by Gasteiger charge is -2.22. The fourth-order valence-corrected chi connectivity index (χ4v) is 4.32. The smallest absolute Gasteiger partial charge is 0.0722 e. The van der Waals surface area contributed by atoms with Gasteiger partial charge >= 0.3 is 0 Å². The van der Waals surface area contributed by atoms with Gasteiger partial charge in [0.05, 0.1) is 5.69 Å². The second-order valence-corrected chi connectivity index (χ2v) is 7.99. The monoisotopic (exact) mass is 275 g/mol. The molecule has 1 N–H and O–H groups in total. The minimum atomic E-state index is 0.130. The number of nitrogens with zero attached hydrogens (tertiary/aromatic N) is 2. The Morgan fingerprint density at radius 1 is 1.30 bits per heavy atom. The summed E-state index contributed by atoms with van der Waals surface area (Å²) in [5.74, 6) is 3.00. The Labute approximate surface area is 123 Å². The minimum absolute atomic E-state index is 0.130. The van der Waals surface area contributed by atoms with Crippen molar-refractivity contribution in [2.75, 3.05) is 6.54 Å². The van der Waals surface area contributed by atoms with Crippen LogP contribution in [0.15, 0.2) is 6.20 Å². The van der Waals surface area contributed by atoms with Crippen LogP contribution < -0.4 is 5.32 Å². The first-order valence-corrected chi connectivity index (χ1v) is 8.17. The molecule has 2 aliphatic carbocycles. The van der Waals surface area contributed by atoms with Crippen molar-refractivity contribution in [3.8, 4) is 0 Å². The molecule has 3 atom stereocenters. The standard InChI is InChI=1S/C17H29N3/c1-17(2,3)16-15(11-20(4)19-16)10-18-9-14-8-12-5-6-13(14)7-12/h11-14,18H,5-10H2,1-4H3. The lowest BCUT2D eigenvalue weighted by Crippen LogP contribution is -2.27. The average Bonchev–Trinajstić information content (AvgIpc) is 3.03. The van der Waals surface area contributed by atoms with Crippen molar-refractivity contribution in [3.63, 3.8) is 0 Å². The van der Waals surface area contributed by atoms with Crippen LogP contribution in [0, 0.1) is 17.8 Å². The molecule has 3 heteroatoms. The first kappa shape index (κ1) is 14.1. The zero-order valence-corrected chi connectivity index (χ0v) is 13.4. The highest BCUT2D eigenvalue weighted by Gasteiger charge is 2.38. The van der Waals surface area contributed by atoms with Gasteiger partial charge in [-0.15, -0.1) is 0 Å².